The summed E-state index contributed by atoms with van der Waals surface area (Å²) in [5.74, 6) is -1.10. The van der Waals surface area contributed by atoms with Crippen LogP contribution in [-0.4, -0.2) is 49.2 Å². The van der Waals surface area contributed by atoms with E-state index in [0.717, 1.165) is 19.3 Å². The van der Waals surface area contributed by atoms with Crippen LogP contribution in [0.1, 0.15) is 40.1 Å². The third-order valence-corrected chi connectivity index (χ3v) is 6.25. The number of pyridine rings is 1. The number of ether oxygens (including phenoxy) is 1. The van der Waals surface area contributed by atoms with E-state index >= 15 is 0 Å². The van der Waals surface area contributed by atoms with Crippen LogP contribution in [0.25, 0.3) is 0 Å². The number of Topliss-reactive ketones (excluding diaryl/α,β-unsaturated/α-hetero) is 1. The summed E-state index contributed by atoms with van der Waals surface area (Å²) in [6.45, 7) is 0.604. The molecule has 1 fully saturated rings. The van der Waals surface area contributed by atoms with Crippen molar-refractivity contribution in [2.24, 2.45) is 0 Å². The number of piperidine rings is 1. The molecule has 0 radical (unpaired) electrons. The number of carbonyl (C=O) groups is 2. The quantitative estimate of drug-likeness (QED) is 0.557. The first-order valence-electron chi connectivity index (χ1n) is 8.70. The summed E-state index contributed by atoms with van der Waals surface area (Å²) >= 11 is 0. The van der Waals surface area contributed by atoms with Gasteiger partial charge in [0.2, 0.25) is 10.0 Å². The zero-order chi connectivity index (χ0) is 19.3. The van der Waals surface area contributed by atoms with E-state index in [0.29, 0.717) is 13.1 Å². The number of ketones is 1. The van der Waals surface area contributed by atoms with Crippen molar-refractivity contribution >= 4 is 21.8 Å². The van der Waals surface area contributed by atoms with Crippen LogP contribution >= 0.6 is 0 Å². The topological polar surface area (TPSA) is 93.6 Å². The molecule has 0 atom stereocenters. The summed E-state index contributed by atoms with van der Waals surface area (Å²) < 4.78 is 31.6. The van der Waals surface area contributed by atoms with E-state index in [4.69, 9.17) is 4.74 Å². The van der Waals surface area contributed by atoms with Crippen LogP contribution in [0.3, 0.4) is 0 Å². The van der Waals surface area contributed by atoms with Crippen LogP contribution < -0.4 is 0 Å². The largest absolute Gasteiger partial charge is 0.453 e. The predicted molar refractivity (Wildman–Crippen MR) is 97.9 cm³/mol. The molecule has 3 rings (SSSR count). The highest BCUT2D eigenvalue weighted by Gasteiger charge is 2.26. The lowest BCUT2D eigenvalue weighted by Crippen LogP contribution is -2.35. The number of sulfonamides is 1. The first kappa shape index (κ1) is 19.2. The Hall–Kier alpha value is -2.58. The van der Waals surface area contributed by atoms with Crippen LogP contribution in [0.15, 0.2) is 53.6 Å². The molecule has 142 valence electrons. The SMILES string of the molecule is O=C(COC(=O)c1ccccn1)c1ccc(S(=O)(=O)N2CCCCC2)cc1. The predicted octanol–water partition coefficient (Wildman–Crippen LogP) is 2.30. The van der Waals surface area contributed by atoms with Gasteiger partial charge < -0.3 is 4.74 Å². The average Bonchev–Trinajstić information content (AvgIpc) is 2.73. The zero-order valence-corrected chi connectivity index (χ0v) is 15.5. The number of esters is 1. The molecule has 0 spiro atoms. The average molecular weight is 388 g/mol. The van der Waals surface area contributed by atoms with Crippen molar-refractivity contribution in [1.29, 1.82) is 0 Å². The molecular weight excluding hydrogens is 368 g/mol. The minimum absolute atomic E-state index is 0.119. The maximum Gasteiger partial charge on any atom is 0.357 e. The van der Waals surface area contributed by atoms with Gasteiger partial charge in [-0.05, 0) is 49.2 Å². The van der Waals surface area contributed by atoms with Crippen molar-refractivity contribution in [3.8, 4) is 0 Å². The second-order valence-electron chi connectivity index (χ2n) is 6.20. The van der Waals surface area contributed by atoms with Gasteiger partial charge >= 0.3 is 5.97 Å². The zero-order valence-electron chi connectivity index (χ0n) is 14.7. The molecule has 2 heterocycles. The summed E-state index contributed by atoms with van der Waals surface area (Å²) in [6.07, 6.45) is 4.21. The molecule has 1 aromatic heterocycles. The van der Waals surface area contributed by atoms with Gasteiger partial charge in [0.25, 0.3) is 0 Å². The highest BCUT2D eigenvalue weighted by molar-refractivity contribution is 7.89. The minimum Gasteiger partial charge on any atom is -0.453 e. The standard InChI is InChI=1S/C19H20N2O5S/c22-18(14-26-19(23)17-6-2-3-11-20-17)15-7-9-16(10-8-15)27(24,25)21-12-4-1-5-13-21/h2-3,6-11H,1,4-5,12-14H2. The summed E-state index contributed by atoms with van der Waals surface area (Å²) in [5.41, 5.74) is 0.398. The Morgan fingerprint density at radius 2 is 1.70 bits per heavy atom. The first-order valence-corrected chi connectivity index (χ1v) is 10.1. The van der Waals surface area contributed by atoms with E-state index in [1.165, 1.54) is 40.8 Å². The molecule has 1 saturated heterocycles. The van der Waals surface area contributed by atoms with Crippen molar-refractivity contribution < 1.29 is 22.7 Å². The van der Waals surface area contributed by atoms with Crippen LogP contribution in [0.4, 0.5) is 0 Å². The molecule has 0 saturated carbocycles. The van der Waals surface area contributed by atoms with E-state index in [1.807, 2.05) is 0 Å². The summed E-state index contributed by atoms with van der Waals surface area (Å²) in [5, 5.41) is 0. The normalized spacial score (nSPS) is 15.3. The molecule has 2 aromatic rings. The van der Waals surface area contributed by atoms with Gasteiger partial charge in [-0.1, -0.05) is 12.5 Å². The van der Waals surface area contributed by atoms with Gasteiger partial charge in [0.05, 0.1) is 4.90 Å². The molecule has 0 unspecified atom stereocenters. The number of hydrogen-bond donors (Lipinski definition) is 0. The number of aromatic nitrogens is 1. The molecule has 0 N–H and O–H groups in total. The van der Waals surface area contributed by atoms with Crippen LogP contribution in [0, 0.1) is 0 Å². The first-order chi connectivity index (χ1) is 13.0. The van der Waals surface area contributed by atoms with Gasteiger partial charge in [0.1, 0.15) is 5.69 Å². The summed E-state index contributed by atoms with van der Waals surface area (Å²) in [7, 11) is -3.54. The highest BCUT2D eigenvalue weighted by Crippen LogP contribution is 2.21. The third-order valence-electron chi connectivity index (χ3n) is 4.34. The van der Waals surface area contributed by atoms with Crippen LogP contribution in [-0.2, 0) is 14.8 Å². The van der Waals surface area contributed by atoms with Gasteiger partial charge in [-0.3, -0.25) is 4.79 Å². The van der Waals surface area contributed by atoms with Crippen molar-refractivity contribution in [2.45, 2.75) is 24.2 Å². The fourth-order valence-electron chi connectivity index (χ4n) is 2.84. The number of benzene rings is 1. The molecular formula is C19H20N2O5S. The summed E-state index contributed by atoms with van der Waals surface area (Å²) in [4.78, 5) is 28.0. The van der Waals surface area contributed by atoms with E-state index in [2.05, 4.69) is 4.98 Å². The Morgan fingerprint density at radius 1 is 1.00 bits per heavy atom. The smallest absolute Gasteiger partial charge is 0.357 e. The Morgan fingerprint density at radius 3 is 2.33 bits per heavy atom. The van der Waals surface area contributed by atoms with Gasteiger partial charge in [-0.25, -0.2) is 18.2 Å². The van der Waals surface area contributed by atoms with Gasteiger partial charge in [0.15, 0.2) is 12.4 Å². The monoisotopic (exact) mass is 388 g/mol. The number of nitrogens with zero attached hydrogens (tertiary/aromatic N) is 2. The van der Waals surface area contributed by atoms with E-state index in [1.54, 1.807) is 12.1 Å². The molecule has 1 aliphatic rings. The Labute approximate surface area is 158 Å². The number of hydrogen-bond acceptors (Lipinski definition) is 6. The maximum atomic E-state index is 12.6. The van der Waals surface area contributed by atoms with Gasteiger partial charge in [-0.2, -0.15) is 4.31 Å². The lowest BCUT2D eigenvalue weighted by atomic mass is 10.1. The Bertz CT molecular complexity index is 905. The molecule has 7 nitrogen and oxygen atoms in total. The van der Waals surface area contributed by atoms with E-state index in [9.17, 15) is 18.0 Å². The molecule has 0 bridgehead atoms. The minimum atomic E-state index is -3.54. The maximum absolute atomic E-state index is 12.6. The molecule has 1 aliphatic heterocycles. The fraction of sp³-hybridized carbons (Fsp3) is 0.316. The van der Waals surface area contributed by atoms with Gasteiger partial charge in [-0.15, -0.1) is 0 Å². The molecule has 27 heavy (non-hydrogen) atoms. The van der Waals surface area contributed by atoms with Crippen LogP contribution in [0.5, 0.6) is 0 Å². The Kier molecular flexibility index (Phi) is 5.98. The second kappa shape index (κ2) is 8.41. The fourth-order valence-corrected chi connectivity index (χ4v) is 4.36. The van der Waals surface area contributed by atoms with E-state index < -0.39 is 28.4 Å². The van der Waals surface area contributed by atoms with Crippen molar-refractivity contribution in [3.05, 3.63) is 59.9 Å². The third kappa shape index (κ3) is 4.58. The lowest BCUT2D eigenvalue weighted by molar-refractivity contribution is 0.0469. The highest BCUT2D eigenvalue weighted by atomic mass is 32.2. The number of carbonyl (C=O) groups excluding carboxylic acids is 2. The molecule has 0 aliphatic carbocycles. The van der Waals surface area contributed by atoms with Crippen molar-refractivity contribution in [1.82, 2.24) is 9.29 Å². The van der Waals surface area contributed by atoms with Crippen molar-refractivity contribution in [3.63, 3.8) is 0 Å². The lowest BCUT2D eigenvalue weighted by Gasteiger charge is -2.25. The summed E-state index contributed by atoms with van der Waals surface area (Å²) in [6, 6.07) is 10.5. The van der Waals surface area contributed by atoms with Crippen molar-refractivity contribution in [2.75, 3.05) is 19.7 Å². The van der Waals surface area contributed by atoms with Gasteiger partial charge in [0, 0.05) is 24.8 Å². The van der Waals surface area contributed by atoms with E-state index in [-0.39, 0.29) is 16.2 Å². The molecule has 1 aromatic carbocycles. The Balaban J connectivity index is 1.62. The number of rotatable bonds is 6. The van der Waals surface area contributed by atoms with Crippen LogP contribution in [0.2, 0.25) is 0 Å². The molecule has 0 amide bonds. The second-order valence-corrected chi connectivity index (χ2v) is 8.14. The molecule has 8 heteroatoms.